The molecule has 3 aromatic rings. The molecule has 0 spiro atoms. The lowest BCUT2D eigenvalue weighted by Crippen LogP contribution is -2.46. The zero-order valence-corrected chi connectivity index (χ0v) is 20.0. The molecule has 4 rings (SSSR count). The molecule has 3 heterocycles. The van der Waals surface area contributed by atoms with E-state index in [1.54, 1.807) is 22.4 Å². The van der Waals surface area contributed by atoms with Crippen LogP contribution < -0.4 is 9.64 Å². The van der Waals surface area contributed by atoms with Crippen molar-refractivity contribution in [2.24, 2.45) is 0 Å². The topological polar surface area (TPSA) is 75.6 Å². The van der Waals surface area contributed by atoms with Crippen LogP contribution in [0.15, 0.2) is 42.6 Å². The highest BCUT2D eigenvalue weighted by molar-refractivity contribution is 7.15. The highest BCUT2D eigenvalue weighted by atomic mass is 32.1. The zero-order chi connectivity index (χ0) is 23.4. The lowest BCUT2D eigenvalue weighted by atomic mass is 10.1. The largest absolute Gasteiger partial charge is 0.482 e. The van der Waals surface area contributed by atoms with Crippen LogP contribution in [0.4, 0.5) is 5.69 Å². The normalized spacial score (nSPS) is 12.9. The van der Waals surface area contributed by atoms with Gasteiger partial charge in [0, 0.05) is 29.7 Å². The van der Waals surface area contributed by atoms with Gasteiger partial charge in [-0.2, -0.15) is 0 Å². The summed E-state index contributed by atoms with van der Waals surface area (Å²) in [4.78, 5) is 39.4. The van der Waals surface area contributed by atoms with Gasteiger partial charge in [0.05, 0.1) is 17.1 Å². The van der Waals surface area contributed by atoms with E-state index in [1.807, 2.05) is 62.1 Å². The summed E-state index contributed by atoms with van der Waals surface area (Å²) in [6, 6.07) is 11.4. The molecule has 172 valence electrons. The van der Waals surface area contributed by atoms with Gasteiger partial charge in [0.2, 0.25) is 5.91 Å². The van der Waals surface area contributed by atoms with E-state index in [-0.39, 0.29) is 25.0 Å². The molecule has 0 atom stereocenters. The van der Waals surface area contributed by atoms with Gasteiger partial charge >= 0.3 is 0 Å². The van der Waals surface area contributed by atoms with Gasteiger partial charge in [0.15, 0.2) is 6.61 Å². The fraction of sp³-hybridized carbons (Fsp3) is 0.360. The molecule has 0 saturated heterocycles. The van der Waals surface area contributed by atoms with Gasteiger partial charge in [-0.15, -0.1) is 11.3 Å². The predicted octanol–water partition coefficient (Wildman–Crippen LogP) is 4.55. The summed E-state index contributed by atoms with van der Waals surface area (Å²) in [5, 5.41) is 0.843. The highest BCUT2D eigenvalue weighted by Gasteiger charge is 2.29. The number of fused-ring (bicyclic) bond motifs is 1. The van der Waals surface area contributed by atoms with Crippen molar-refractivity contribution in [3.05, 3.63) is 47.5 Å². The van der Waals surface area contributed by atoms with Crippen molar-refractivity contribution in [1.29, 1.82) is 0 Å². The van der Waals surface area contributed by atoms with E-state index in [0.29, 0.717) is 24.5 Å². The number of amides is 2. The van der Waals surface area contributed by atoms with Crippen LogP contribution in [-0.2, 0) is 9.59 Å². The number of aromatic nitrogens is 2. The second-order valence-corrected chi connectivity index (χ2v) is 9.17. The minimum absolute atomic E-state index is 0.00782. The standard InChI is InChI=1S/C25H28N4O3S/c1-4-12-28(13-5-2)22(30)15-29-20-14-18(9-10-21(20)32-16-23(29)31)24-17(3)33-25(27-24)19-8-6-7-11-26-19/h6-11,14H,4-5,12-13,15-16H2,1-3H3. The van der Waals surface area contributed by atoms with Crippen LogP contribution in [0.25, 0.3) is 22.0 Å². The van der Waals surface area contributed by atoms with Gasteiger partial charge in [-0.1, -0.05) is 19.9 Å². The molecule has 8 heteroatoms. The lowest BCUT2D eigenvalue weighted by Gasteiger charge is -2.31. The number of hydrogen-bond acceptors (Lipinski definition) is 6. The van der Waals surface area contributed by atoms with Crippen molar-refractivity contribution < 1.29 is 14.3 Å². The molecule has 0 fully saturated rings. The molecule has 2 aromatic heterocycles. The van der Waals surface area contributed by atoms with Crippen molar-refractivity contribution in [2.75, 3.05) is 31.1 Å². The van der Waals surface area contributed by atoms with E-state index in [9.17, 15) is 9.59 Å². The fourth-order valence-corrected chi connectivity index (χ4v) is 4.83. The van der Waals surface area contributed by atoms with Crippen molar-refractivity contribution >= 4 is 28.8 Å². The van der Waals surface area contributed by atoms with E-state index < -0.39 is 0 Å². The quantitative estimate of drug-likeness (QED) is 0.489. The third-order valence-corrected chi connectivity index (χ3v) is 6.48. The van der Waals surface area contributed by atoms with E-state index >= 15 is 0 Å². The van der Waals surface area contributed by atoms with Gasteiger partial charge in [0.25, 0.3) is 5.91 Å². The molecule has 0 aliphatic carbocycles. The molecular formula is C25H28N4O3S. The molecule has 1 aromatic carbocycles. The number of anilines is 1. The first-order chi connectivity index (χ1) is 16.0. The molecular weight excluding hydrogens is 436 g/mol. The molecule has 1 aliphatic heterocycles. The smallest absolute Gasteiger partial charge is 0.265 e. The van der Waals surface area contributed by atoms with Gasteiger partial charge in [-0.3, -0.25) is 19.5 Å². The fourth-order valence-electron chi connectivity index (χ4n) is 3.92. The maximum Gasteiger partial charge on any atom is 0.265 e. The summed E-state index contributed by atoms with van der Waals surface area (Å²) in [6.45, 7) is 7.43. The Bertz CT molecular complexity index is 1140. The SMILES string of the molecule is CCCN(CCC)C(=O)CN1C(=O)COc2ccc(-c3nc(-c4ccccn4)sc3C)cc21. The maximum absolute atomic E-state index is 13.0. The number of pyridine rings is 1. The summed E-state index contributed by atoms with van der Waals surface area (Å²) in [6.07, 6.45) is 3.51. The molecule has 7 nitrogen and oxygen atoms in total. The van der Waals surface area contributed by atoms with Crippen LogP contribution in [0, 0.1) is 6.92 Å². The van der Waals surface area contributed by atoms with Crippen molar-refractivity contribution in [2.45, 2.75) is 33.6 Å². The predicted molar refractivity (Wildman–Crippen MR) is 131 cm³/mol. The van der Waals surface area contributed by atoms with Crippen LogP contribution in [-0.4, -0.2) is 52.9 Å². The Morgan fingerprint density at radius 2 is 1.97 bits per heavy atom. The minimum atomic E-state index is -0.217. The molecule has 0 saturated carbocycles. The molecule has 0 bridgehead atoms. The first kappa shape index (κ1) is 22.9. The second kappa shape index (κ2) is 10.1. The van der Waals surface area contributed by atoms with E-state index in [0.717, 1.165) is 39.7 Å². The first-order valence-corrected chi connectivity index (χ1v) is 12.1. The molecule has 1 aliphatic rings. The number of ether oxygens (including phenoxy) is 1. The number of carbonyl (C=O) groups excluding carboxylic acids is 2. The average molecular weight is 465 g/mol. The minimum Gasteiger partial charge on any atom is -0.482 e. The van der Waals surface area contributed by atoms with Crippen molar-refractivity contribution in [3.8, 4) is 27.7 Å². The highest BCUT2D eigenvalue weighted by Crippen LogP contribution is 2.39. The first-order valence-electron chi connectivity index (χ1n) is 11.3. The Labute approximate surface area is 198 Å². The van der Waals surface area contributed by atoms with Crippen LogP contribution in [0.2, 0.25) is 0 Å². The molecule has 0 radical (unpaired) electrons. The number of hydrogen-bond donors (Lipinski definition) is 0. The maximum atomic E-state index is 13.0. The van der Waals surface area contributed by atoms with Crippen LogP contribution in [0.3, 0.4) is 0 Å². The van der Waals surface area contributed by atoms with Crippen LogP contribution in [0.5, 0.6) is 5.75 Å². The number of rotatable bonds is 8. The Hall–Kier alpha value is -3.26. The van der Waals surface area contributed by atoms with E-state index in [1.165, 1.54) is 0 Å². The Morgan fingerprint density at radius 1 is 1.18 bits per heavy atom. The zero-order valence-electron chi connectivity index (χ0n) is 19.2. The third-order valence-electron chi connectivity index (χ3n) is 5.49. The van der Waals surface area contributed by atoms with Crippen LogP contribution >= 0.6 is 11.3 Å². The number of thiazole rings is 1. The summed E-state index contributed by atoms with van der Waals surface area (Å²) in [5.41, 5.74) is 3.15. The van der Waals surface area contributed by atoms with Crippen molar-refractivity contribution in [1.82, 2.24) is 14.9 Å². The molecule has 0 unspecified atom stereocenters. The van der Waals surface area contributed by atoms with Crippen molar-refractivity contribution in [3.63, 3.8) is 0 Å². The molecule has 0 N–H and O–H groups in total. The Morgan fingerprint density at radius 3 is 2.67 bits per heavy atom. The lowest BCUT2D eigenvalue weighted by molar-refractivity contribution is -0.132. The summed E-state index contributed by atoms with van der Waals surface area (Å²) in [7, 11) is 0. The third kappa shape index (κ3) is 4.90. The van der Waals surface area contributed by atoms with Crippen LogP contribution in [0.1, 0.15) is 31.6 Å². The number of nitrogens with zero attached hydrogens (tertiary/aromatic N) is 4. The summed E-state index contributed by atoms with van der Waals surface area (Å²) < 4.78 is 5.65. The summed E-state index contributed by atoms with van der Waals surface area (Å²) in [5.74, 6) is 0.333. The second-order valence-electron chi connectivity index (χ2n) is 7.97. The van der Waals surface area contributed by atoms with Gasteiger partial charge < -0.3 is 9.64 Å². The number of benzene rings is 1. The Balaban J connectivity index is 1.65. The number of carbonyl (C=O) groups is 2. The van der Waals surface area contributed by atoms with Gasteiger partial charge in [0.1, 0.15) is 17.3 Å². The van der Waals surface area contributed by atoms with Gasteiger partial charge in [-0.05, 0) is 50.1 Å². The van der Waals surface area contributed by atoms with Gasteiger partial charge in [-0.25, -0.2) is 4.98 Å². The van der Waals surface area contributed by atoms with E-state index in [2.05, 4.69) is 4.98 Å². The molecule has 2 amide bonds. The Kier molecular flexibility index (Phi) is 7.03. The van der Waals surface area contributed by atoms with E-state index in [4.69, 9.17) is 9.72 Å². The summed E-state index contributed by atoms with van der Waals surface area (Å²) >= 11 is 1.58. The molecule has 33 heavy (non-hydrogen) atoms. The monoisotopic (exact) mass is 464 g/mol. The number of aryl methyl sites for hydroxylation is 1. The average Bonchev–Trinajstić information content (AvgIpc) is 3.22.